The highest BCUT2D eigenvalue weighted by molar-refractivity contribution is 5.50. The van der Waals surface area contributed by atoms with Gasteiger partial charge >= 0.3 is 0 Å². The van der Waals surface area contributed by atoms with Crippen LogP contribution in [0, 0.1) is 0 Å². The lowest BCUT2D eigenvalue weighted by molar-refractivity contribution is 0.217. The fourth-order valence-electron chi connectivity index (χ4n) is 4.35. The third-order valence-corrected chi connectivity index (χ3v) is 5.39. The van der Waals surface area contributed by atoms with Gasteiger partial charge in [0.25, 0.3) is 0 Å². The minimum absolute atomic E-state index is 0.716. The predicted octanol–water partition coefficient (Wildman–Crippen LogP) is 3.97. The Labute approximate surface area is 139 Å². The zero-order valence-corrected chi connectivity index (χ0v) is 13.8. The molecule has 0 N–H and O–H groups in total. The summed E-state index contributed by atoms with van der Waals surface area (Å²) in [4.78, 5) is 5.39. The minimum Gasteiger partial charge on any atom is -0.363 e. The highest BCUT2D eigenvalue weighted by Crippen LogP contribution is 2.34. The zero-order chi connectivity index (χ0) is 15.5. The van der Waals surface area contributed by atoms with E-state index < -0.39 is 0 Å². The Morgan fingerprint density at radius 3 is 2.04 bits per heavy atom. The van der Waals surface area contributed by atoms with Gasteiger partial charge in [-0.1, -0.05) is 48.5 Å². The molecule has 0 unspecified atom stereocenters. The number of likely N-dealkylation sites (tertiary alicyclic amines) is 1. The molecule has 2 heterocycles. The first-order valence-electron chi connectivity index (χ1n) is 9.00. The van der Waals surface area contributed by atoms with Crippen LogP contribution in [0.15, 0.2) is 60.7 Å². The van der Waals surface area contributed by atoms with Crippen LogP contribution in [-0.2, 0) is 6.42 Å². The molecule has 2 aliphatic rings. The fourth-order valence-corrected chi connectivity index (χ4v) is 4.35. The average molecular weight is 306 g/mol. The molecule has 2 heteroatoms. The maximum Gasteiger partial charge on any atom is 0.0421 e. The molecule has 0 aromatic heterocycles. The Bertz CT molecular complexity index is 596. The summed E-state index contributed by atoms with van der Waals surface area (Å²) in [6.07, 6.45) is 5.19. The molecular weight excluding hydrogens is 280 g/mol. The van der Waals surface area contributed by atoms with Gasteiger partial charge in [0, 0.05) is 30.9 Å². The molecule has 0 amide bonds. The van der Waals surface area contributed by atoms with E-state index in [2.05, 4.69) is 70.5 Å². The second-order valence-corrected chi connectivity index (χ2v) is 6.98. The maximum absolute atomic E-state index is 2.70. The molecule has 4 rings (SSSR count). The normalized spacial score (nSPS) is 24.1. The van der Waals surface area contributed by atoms with Crippen molar-refractivity contribution in [3.63, 3.8) is 0 Å². The van der Waals surface area contributed by atoms with Crippen molar-refractivity contribution >= 4 is 5.69 Å². The summed E-state index contributed by atoms with van der Waals surface area (Å²) in [7, 11) is 0. The van der Waals surface area contributed by atoms with E-state index >= 15 is 0 Å². The standard InChI is InChI=1S/C21H26N2/c1-3-8-18(9-4-1)10-7-15-22-16-20-13-14-21(17-22)23(20)19-11-5-2-6-12-19/h1-6,8-9,11-12,20-21H,7,10,13-17H2/t20-,21+. The summed E-state index contributed by atoms with van der Waals surface area (Å²) in [6.45, 7) is 3.71. The molecule has 23 heavy (non-hydrogen) atoms. The van der Waals surface area contributed by atoms with Crippen molar-refractivity contribution in [2.45, 2.75) is 37.8 Å². The van der Waals surface area contributed by atoms with Crippen LogP contribution in [-0.4, -0.2) is 36.6 Å². The average Bonchev–Trinajstić information content (AvgIpc) is 2.87. The number of para-hydroxylation sites is 1. The smallest absolute Gasteiger partial charge is 0.0421 e. The first-order valence-corrected chi connectivity index (χ1v) is 9.00. The van der Waals surface area contributed by atoms with E-state index in [9.17, 15) is 0 Å². The number of nitrogens with zero attached hydrogens (tertiary/aromatic N) is 2. The molecule has 2 atom stereocenters. The summed E-state index contributed by atoms with van der Waals surface area (Å²) in [6, 6.07) is 23.3. The third-order valence-electron chi connectivity index (χ3n) is 5.39. The van der Waals surface area contributed by atoms with Crippen LogP contribution in [0.25, 0.3) is 0 Å². The molecule has 120 valence electrons. The molecule has 2 aliphatic heterocycles. The number of benzene rings is 2. The number of piperazine rings is 1. The molecule has 2 bridgehead atoms. The topological polar surface area (TPSA) is 6.48 Å². The number of hydrogen-bond donors (Lipinski definition) is 0. The van der Waals surface area contributed by atoms with Crippen molar-refractivity contribution in [1.82, 2.24) is 4.90 Å². The SMILES string of the molecule is c1ccc(CCCN2C[C@H]3CC[C@@H](C2)N3c2ccccc2)cc1. The van der Waals surface area contributed by atoms with E-state index in [0.29, 0.717) is 12.1 Å². The molecule has 0 saturated carbocycles. The Hall–Kier alpha value is -1.80. The lowest BCUT2D eigenvalue weighted by atomic mass is 10.1. The van der Waals surface area contributed by atoms with Crippen molar-refractivity contribution in [2.75, 3.05) is 24.5 Å². The minimum atomic E-state index is 0.716. The zero-order valence-electron chi connectivity index (χ0n) is 13.8. The number of aryl methyl sites for hydroxylation is 1. The lowest BCUT2D eigenvalue weighted by Gasteiger charge is -2.42. The van der Waals surface area contributed by atoms with E-state index in [1.807, 2.05) is 0 Å². The Morgan fingerprint density at radius 1 is 0.783 bits per heavy atom. The van der Waals surface area contributed by atoms with Gasteiger partial charge in [0.2, 0.25) is 0 Å². The van der Waals surface area contributed by atoms with E-state index in [1.165, 1.54) is 56.6 Å². The molecule has 2 aromatic carbocycles. The van der Waals surface area contributed by atoms with Crippen molar-refractivity contribution in [1.29, 1.82) is 0 Å². The van der Waals surface area contributed by atoms with Gasteiger partial charge in [0.1, 0.15) is 0 Å². The third kappa shape index (κ3) is 3.28. The van der Waals surface area contributed by atoms with Gasteiger partial charge in [-0.25, -0.2) is 0 Å². The van der Waals surface area contributed by atoms with Crippen LogP contribution in [0.5, 0.6) is 0 Å². The van der Waals surface area contributed by atoms with E-state index in [4.69, 9.17) is 0 Å². The Balaban J connectivity index is 1.33. The maximum atomic E-state index is 2.70. The van der Waals surface area contributed by atoms with Crippen LogP contribution in [0.2, 0.25) is 0 Å². The van der Waals surface area contributed by atoms with Crippen LogP contribution >= 0.6 is 0 Å². The van der Waals surface area contributed by atoms with E-state index in [-0.39, 0.29) is 0 Å². The predicted molar refractivity (Wildman–Crippen MR) is 96.9 cm³/mol. The molecule has 0 aliphatic carbocycles. The summed E-state index contributed by atoms with van der Waals surface area (Å²) >= 11 is 0. The summed E-state index contributed by atoms with van der Waals surface area (Å²) in [5, 5.41) is 0. The van der Waals surface area contributed by atoms with Gasteiger partial charge in [-0.2, -0.15) is 0 Å². The molecule has 2 nitrogen and oxygen atoms in total. The van der Waals surface area contributed by atoms with E-state index in [0.717, 1.165) is 0 Å². The Morgan fingerprint density at radius 2 is 1.39 bits per heavy atom. The number of rotatable bonds is 5. The van der Waals surface area contributed by atoms with Gasteiger partial charge in [0.15, 0.2) is 0 Å². The monoisotopic (exact) mass is 306 g/mol. The highest BCUT2D eigenvalue weighted by atomic mass is 15.3. The molecule has 2 fully saturated rings. The van der Waals surface area contributed by atoms with Gasteiger partial charge in [0.05, 0.1) is 0 Å². The van der Waals surface area contributed by atoms with Crippen LogP contribution < -0.4 is 4.90 Å². The first-order chi connectivity index (χ1) is 11.4. The van der Waals surface area contributed by atoms with Gasteiger partial charge in [-0.3, -0.25) is 4.90 Å². The van der Waals surface area contributed by atoms with Crippen molar-refractivity contribution in [3.05, 3.63) is 66.2 Å². The highest BCUT2D eigenvalue weighted by Gasteiger charge is 2.39. The molecule has 2 aromatic rings. The van der Waals surface area contributed by atoms with Crippen molar-refractivity contribution in [3.8, 4) is 0 Å². The fraction of sp³-hybridized carbons (Fsp3) is 0.429. The summed E-state index contributed by atoms with van der Waals surface area (Å²) in [5.41, 5.74) is 2.89. The lowest BCUT2D eigenvalue weighted by Crippen LogP contribution is -2.54. The number of hydrogen-bond acceptors (Lipinski definition) is 2. The summed E-state index contributed by atoms with van der Waals surface area (Å²) < 4.78 is 0. The van der Waals surface area contributed by atoms with Gasteiger partial charge < -0.3 is 4.90 Å². The second kappa shape index (κ2) is 6.76. The first kappa shape index (κ1) is 14.8. The molecular formula is C21H26N2. The number of fused-ring (bicyclic) bond motifs is 2. The van der Waals surface area contributed by atoms with Gasteiger partial charge in [-0.15, -0.1) is 0 Å². The van der Waals surface area contributed by atoms with Gasteiger partial charge in [-0.05, 0) is 49.9 Å². The second-order valence-electron chi connectivity index (χ2n) is 6.98. The van der Waals surface area contributed by atoms with Crippen molar-refractivity contribution in [2.24, 2.45) is 0 Å². The largest absolute Gasteiger partial charge is 0.363 e. The number of anilines is 1. The van der Waals surface area contributed by atoms with Crippen LogP contribution in [0.4, 0.5) is 5.69 Å². The molecule has 0 radical (unpaired) electrons. The van der Waals surface area contributed by atoms with Crippen LogP contribution in [0.3, 0.4) is 0 Å². The van der Waals surface area contributed by atoms with Crippen LogP contribution in [0.1, 0.15) is 24.8 Å². The quantitative estimate of drug-likeness (QED) is 0.824. The van der Waals surface area contributed by atoms with E-state index in [1.54, 1.807) is 0 Å². The molecule has 0 spiro atoms. The summed E-state index contributed by atoms with van der Waals surface area (Å²) in [5.74, 6) is 0. The molecule has 2 saturated heterocycles. The Kier molecular flexibility index (Phi) is 4.34. The van der Waals surface area contributed by atoms with Crippen molar-refractivity contribution < 1.29 is 0 Å².